The molecule has 2 N–H and O–H groups in total. The van der Waals surface area contributed by atoms with Gasteiger partial charge >= 0.3 is 6.36 Å². The standard InChI is InChI=1S/C27H31F3N4O5S2/c1-26(2,3)19-6-4-18(5-7-19)14-31-24(36)23-16-33(25-32-15-21(17-35)40-25)12-13-34(23)41(37,38)22-10-8-20(9-11-22)39-27(28,29)30/h4-11,15,23,35H,12-14,16-17H2,1-3H3,(H,31,36)/t23-/m1/s1. The minimum absolute atomic E-state index is 0.0122. The Morgan fingerprint density at radius 3 is 2.32 bits per heavy atom. The normalized spacial score (nSPS) is 17.0. The van der Waals surface area contributed by atoms with Crippen LogP contribution in [0.5, 0.6) is 5.75 Å². The van der Waals surface area contributed by atoms with Crippen molar-refractivity contribution >= 4 is 32.4 Å². The number of halogens is 3. The lowest BCUT2D eigenvalue weighted by atomic mass is 9.87. The van der Waals surface area contributed by atoms with E-state index in [1.54, 1.807) is 4.90 Å². The number of rotatable bonds is 8. The number of sulfonamides is 1. The summed E-state index contributed by atoms with van der Waals surface area (Å²) >= 11 is 1.24. The van der Waals surface area contributed by atoms with Gasteiger partial charge in [-0.05, 0) is 40.8 Å². The molecule has 4 rings (SSSR count). The number of benzene rings is 2. The molecule has 3 aromatic rings. The molecule has 222 valence electrons. The van der Waals surface area contributed by atoms with E-state index >= 15 is 0 Å². The first-order valence-corrected chi connectivity index (χ1v) is 15.0. The van der Waals surface area contributed by atoms with Gasteiger partial charge in [0.05, 0.1) is 16.4 Å². The number of carbonyl (C=O) groups excluding carboxylic acids is 1. The van der Waals surface area contributed by atoms with Crippen molar-refractivity contribution in [2.75, 3.05) is 24.5 Å². The number of thiazole rings is 1. The van der Waals surface area contributed by atoms with Gasteiger partial charge in [0, 0.05) is 32.4 Å². The molecule has 1 amide bonds. The molecule has 1 aliphatic rings. The van der Waals surface area contributed by atoms with E-state index in [0.717, 1.165) is 39.7 Å². The van der Waals surface area contributed by atoms with Crippen LogP contribution in [-0.2, 0) is 33.4 Å². The molecular weight excluding hydrogens is 581 g/mol. The fourth-order valence-electron chi connectivity index (χ4n) is 4.34. The summed E-state index contributed by atoms with van der Waals surface area (Å²) in [7, 11) is -4.27. The van der Waals surface area contributed by atoms with E-state index in [1.807, 2.05) is 24.3 Å². The van der Waals surface area contributed by atoms with Crippen molar-refractivity contribution < 1.29 is 36.2 Å². The summed E-state index contributed by atoms with van der Waals surface area (Å²) in [6.45, 7) is 6.38. The van der Waals surface area contributed by atoms with Gasteiger partial charge in [0.25, 0.3) is 0 Å². The van der Waals surface area contributed by atoms with Crippen LogP contribution in [0.4, 0.5) is 18.3 Å². The van der Waals surface area contributed by atoms with Crippen molar-refractivity contribution in [1.29, 1.82) is 0 Å². The highest BCUT2D eigenvalue weighted by Crippen LogP contribution is 2.30. The lowest BCUT2D eigenvalue weighted by Crippen LogP contribution is -2.60. The summed E-state index contributed by atoms with van der Waals surface area (Å²) in [6, 6.07) is 10.5. The van der Waals surface area contributed by atoms with Gasteiger partial charge in [0.15, 0.2) is 5.13 Å². The second-order valence-corrected chi connectivity index (χ2v) is 13.5. The molecule has 0 saturated carbocycles. The third-order valence-corrected chi connectivity index (χ3v) is 9.52. The number of aliphatic hydroxyl groups is 1. The van der Waals surface area contributed by atoms with E-state index in [4.69, 9.17) is 0 Å². The van der Waals surface area contributed by atoms with Crippen LogP contribution in [0.25, 0.3) is 0 Å². The Labute approximate surface area is 240 Å². The number of hydrogen-bond donors (Lipinski definition) is 2. The molecular formula is C27H31F3N4O5S2. The first-order valence-electron chi connectivity index (χ1n) is 12.7. The number of aliphatic hydroxyl groups excluding tert-OH is 1. The van der Waals surface area contributed by atoms with Crippen LogP contribution < -0.4 is 15.0 Å². The van der Waals surface area contributed by atoms with Crippen LogP contribution in [0.3, 0.4) is 0 Å². The number of carbonyl (C=O) groups is 1. The fraction of sp³-hybridized carbons (Fsp3) is 0.407. The number of aromatic nitrogens is 1. The summed E-state index contributed by atoms with van der Waals surface area (Å²) < 4.78 is 69.8. The molecule has 1 atom stereocenters. The second kappa shape index (κ2) is 12.0. The van der Waals surface area contributed by atoms with E-state index in [9.17, 15) is 31.5 Å². The number of nitrogens with zero attached hydrogens (tertiary/aromatic N) is 3. The zero-order valence-corrected chi connectivity index (χ0v) is 24.3. The molecule has 1 aliphatic heterocycles. The first-order chi connectivity index (χ1) is 19.2. The molecule has 0 unspecified atom stereocenters. The third kappa shape index (κ3) is 7.56. The zero-order chi connectivity index (χ0) is 30.0. The number of hydrogen-bond acceptors (Lipinski definition) is 8. The average Bonchev–Trinajstić information content (AvgIpc) is 3.40. The van der Waals surface area contributed by atoms with Crippen LogP contribution in [0.15, 0.2) is 59.6 Å². The van der Waals surface area contributed by atoms with Crippen molar-refractivity contribution in [1.82, 2.24) is 14.6 Å². The molecule has 0 bridgehead atoms. The van der Waals surface area contributed by atoms with E-state index in [2.05, 4.69) is 35.8 Å². The number of alkyl halides is 3. The van der Waals surface area contributed by atoms with Gasteiger partial charge in [0.1, 0.15) is 11.8 Å². The highest BCUT2D eigenvalue weighted by Gasteiger charge is 2.41. The maximum Gasteiger partial charge on any atom is 0.573 e. The predicted octanol–water partition coefficient (Wildman–Crippen LogP) is 4.03. The van der Waals surface area contributed by atoms with Crippen LogP contribution in [0.1, 0.15) is 36.8 Å². The SMILES string of the molecule is CC(C)(C)c1ccc(CNC(=O)[C@H]2CN(c3ncc(CO)s3)CCN2S(=O)(=O)c2ccc(OC(F)(F)F)cc2)cc1. The van der Waals surface area contributed by atoms with E-state index in [-0.39, 0.29) is 43.1 Å². The van der Waals surface area contributed by atoms with Gasteiger partial charge in [-0.15, -0.1) is 13.2 Å². The number of anilines is 1. The molecule has 2 aromatic carbocycles. The Hall–Kier alpha value is -3.20. The van der Waals surface area contributed by atoms with Crippen molar-refractivity contribution in [2.24, 2.45) is 0 Å². The van der Waals surface area contributed by atoms with Crippen LogP contribution >= 0.6 is 11.3 Å². The molecule has 0 spiro atoms. The largest absolute Gasteiger partial charge is 0.573 e. The van der Waals surface area contributed by atoms with Crippen LogP contribution in [-0.4, -0.2) is 60.8 Å². The Bertz CT molecular complexity index is 1450. The summed E-state index contributed by atoms with van der Waals surface area (Å²) in [5, 5.41) is 12.8. The number of piperazine rings is 1. The highest BCUT2D eigenvalue weighted by atomic mass is 32.2. The van der Waals surface area contributed by atoms with Crippen molar-refractivity contribution in [3.05, 3.63) is 70.7 Å². The highest BCUT2D eigenvalue weighted by molar-refractivity contribution is 7.89. The molecule has 0 radical (unpaired) electrons. The van der Waals surface area contributed by atoms with E-state index in [1.165, 1.54) is 17.5 Å². The van der Waals surface area contributed by atoms with Crippen molar-refractivity contribution in [3.63, 3.8) is 0 Å². The summed E-state index contributed by atoms with van der Waals surface area (Å²) in [5.41, 5.74) is 1.93. The zero-order valence-electron chi connectivity index (χ0n) is 22.7. The molecule has 0 aliphatic carbocycles. The maximum atomic E-state index is 13.6. The Morgan fingerprint density at radius 1 is 1.10 bits per heavy atom. The minimum Gasteiger partial charge on any atom is -0.406 e. The third-order valence-electron chi connectivity index (χ3n) is 6.55. The Balaban J connectivity index is 1.56. The average molecular weight is 613 g/mol. The topological polar surface area (TPSA) is 112 Å². The number of ether oxygens (including phenoxy) is 1. The van der Waals surface area contributed by atoms with Gasteiger partial charge in [0.2, 0.25) is 15.9 Å². The van der Waals surface area contributed by atoms with Crippen LogP contribution in [0, 0.1) is 0 Å². The van der Waals surface area contributed by atoms with Gasteiger partial charge in [-0.2, -0.15) is 4.31 Å². The van der Waals surface area contributed by atoms with E-state index < -0.39 is 34.1 Å². The van der Waals surface area contributed by atoms with Gasteiger partial charge in [-0.25, -0.2) is 13.4 Å². The molecule has 2 heterocycles. The Morgan fingerprint density at radius 2 is 1.76 bits per heavy atom. The fourth-order valence-corrected chi connectivity index (χ4v) is 6.71. The van der Waals surface area contributed by atoms with E-state index in [0.29, 0.717) is 10.0 Å². The minimum atomic E-state index is -4.92. The molecule has 14 heteroatoms. The predicted molar refractivity (Wildman–Crippen MR) is 148 cm³/mol. The van der Waals surface area contributed by atoms with Gasteiger partial charge < -0.3 is 20.1 Å². The lowest BCUT2D eigenvalue weighted by Gasteiger charge is -2.39. The second-order valence-electron chi connectivity index (χ2n) is 10.5. The van der Waals surface area contributed by atoms with Crippen molar-refractivity contribution in [2.45, 2.75) is 56.6 Å². The summed E-state index contributed by atoms with van der Waals surface area (Å²) in [5.74, 6) is -1.09. The number of amides is 1. The monoisotopic (exact) mass is 612 g/mol. The molecule has 9 nitrogen and oxygen atoms in total. The number of nitrogens with one attached hydrogen (secondary N) is 1. The Kier molecular flexibility index (Phi) is 8.97. The molecule has 1 aromatic heterocycles. The van der Waals surface area contributed by atoms with Gasteiger partial charge in [-0.3, -0.25) is 4.79 Å². The summed E-state index contributed by atoms with van der Waals surface area (Å²) in [6.07, 6.45) is -3.40. The van der Waals surface area contributed by atoms with Crippen molar-refractivity contribution in [3.8, 4) is 5.75 Å². The van der Waals surface area contributed by atoms with Gasteiger partial charge in [-0.1, -0.05) is 56.4 Å². The summed E-state index contributed by atoms with van der Waals surface area (Å²) in [4.78, 5) is 19.9. The quantitative estimate of drug-likeness (QED) is 0.395. The first kappa shape index (κ1) is 30.8. The smallest absolute Gasteiger partial charge is 0.406 e. The lowest BCUT2D eigenvalue weighted by molar-refractivity contribution is -0.274. The molecule has 1 fully saturated rings. The van der Waals surface area contributed by atoms with Crippen LogP contribution in [0.2, 0.25) is 0 Å². The molecule has 41 heavy (non-hydrogen) atoms. The maximum absolute atomic E-state index is 13.6. The molecule has 1 saturated heterocycles.